The fraction of sp³-hybridized carbons (Fsp3) is 0.750. The van der Waals surface area contributed by atoms with Crippen LogP contribution in [-0.2, 0) is 4.74 Å². The van der Waals surface area contributed by atoms with Crippen molar-refractivity contribution < 1.29 is 9.53 Å². The summed E-state index contributed by atoms with van der Waals surface area (Å²) in [4.78, 5) is 11.3. The maximum Gasteiger partial charge on any atom is 0.407 e. The first-order chi connectivity index (χ1) is 7.89. The van der Waals surface area contributed by atoms with E-state index in [0.29, 0.717) is 19.6 Å². The highest BCUT2D eigenvalue weighted by Crippen LogP contribution is 2.06. The molecule has 0 rings (SSSR count). The molecule has 17 heavy (non-hydrogen) atoms. The molecule has 0 aliphatic heterocycles. The van der Waals surface area contributed by atoms with Gasteiger partial charge in [-0.2, -0.15) is 0 Å². The molecular formula is C12H23N3O2. The highest BCUT2D eigenvalue weighted by atomic mass is 16.6. The van der Waals surface area contributed by atoms with Crippen LogP contribution < -0.4 is 16.4 Å². The smallest absolute Gasteiger partial charge is 0.407 e. The van der Waals surface area contributed by atoms with Gasteiger partial charge in [-0.3, -0.25) is 0 Å². The van der Waals surface area contributed by atoms with Crippen molar-refractivity contribution in [2.24, 2.45) is 5.73 Å². The van der Waals surface area contributed by atoms with Gasteiger partial charge in [0.15, 0.2) is 0 Å². The van der Waals surface area contributed by atoms with Crippen LogP contribution in [0.2, 0.25) is 0 Å². The van der Waals surface area contributed by atoms with Crippen LogP contribution in [0.25, 0.3) is 0 Å². The van der Waals surface area contributed by atoms with Crippen molar-refractivity contribution in [1.82, 2.24) is 10.6 Å². The molecular weight excluding hydrogens is 218 g/mol. The van der Waals surface area contributed by atoms with Crippen LogP contribution in [0.4, 0.5) is 4.79 Å². The van der Waals surface area contributed by atoms with Gasteiger partial charge < -0.3 is 21.1 Å². The van der Waals surface area contributed by atoms with Crippen molar-refractivity contribution in [2.45, 2.75) is 38.8 Å². The predicted octanol–water partition coefficient (Wildman–Crippen LogP) is 0.451. The quantitative estimate of drug-likeness (QED) is 0.590. The molecule has 98 valence electrons. The number of hydrogen-bond donors (Lipinski definition) is 3. The summed E-state index contributed by atoms with van der Waals surface area (Å²) in [6, 6.07) is 0.112. The minimum absolute atomic E-state index is 0.112. The summed E-state index contributed by atoms with van der Waals surface area (Å²) < 4.78 is 5.10. The molecule has 0 saturated heterocycles. The molecule has 0 saturated carbocycles. The van der Waals surface area contributed by atoms with Gasteiger partial charge in [0.25, 0.3) is 0 Å². The number of alkyl carbamates (subject to hydrolysis) is 1. The lowest BCUT2D eigenvalue weighted by Crippen LogP contribution is -2.40. The fourth-order valence-electron chi connectivity index (χ4n) is 1.17. The normalized spacial score (nSPS) is 12.6. The number of terminal acetylenes is 1. The summed E-state index contributed by atoms with van der Waals surface area (Å²) in [5.41, 5.74) is 5.08. The molecule has 0 aliphatic carbocycles. The van der Waals surface area contributed by atoms with E-state index in [1.54, 1.807) is 0 Å². The summed E-state index contributed by atoms with van der Waals surface area (Å²) in [6.45, 7) is 6.94. The molecule has 0 aromatic rings. The number of ether oxygens (including phenoxy) is 1. The van der Waals surface area contributed by atoms with Gasteiger partial charge in [-0.05, 0) is 27.2 Å². The monoisotopic (exact) mass is 241 g/mol. The number of carbonyl (C=O) groups is 1. The molecule has 0 bridgehead atoms. The first-order valence-corrected chi connectivity index (χ1v) is 5.73. The largest absolute Gasteiger partial charge is 0.444 e. The maximum absolute atomic E-state index is 11.3. The van der Waals surface area contributed by atoms with Crippen LogP contribution in [0.3, 0.4) is 0 Å². The van der Waals surface area contributed by atoms with Crippen molar-refractivity contribution >= 4 is 6.09 Å². The van der Waals surface area contributed by atoms with Crippen molar-refractivity contribution in [3.63, 3.8) is 0 Å². The van der Waals surface area contributed by atoms with Crippen molar-refractivity contribution in [2.75, 3.05) is 19.6 Å². The molecule has 0 aromatic heterocycles. The molecule has 1 amide bonds. The Morgan fingerprint density at radius 2 is 2.18 bits per heavy atom. The summed E-state index contributed by atoms with van der Waals surface area (Å²) >= 11 is 0. The van der Waals surface area contributed by atoms with Crippen LogP contribution in [0.5, 0.6) is 0 Å². The average molecular weight is 241 g/mol. The zero-order valence-electron chi connectivity index (χ0n) is 10.9. The molecule has 5 heteroatoms. The highest BCUT2D eigenvalue weighted by Gasteiger charge is 2.15. The minimum Gasteiger partial charge on any atom is -0.444 e. The lowest BCUT2D eigenvalue weighted by molar-refractivity contribution is 0.0526. The van der Waals surface area contributed by atoms with Gasteiger partial charge in [-0.15, -0.1) is 6.42 Å². The third-order valence-corrected chi connectivity index (χ3v) is 1.94. The lowest BCUT2D eigenvalue weighted by Gasteiger charge is -2.20. The van der Waals surface area contributed by atoms with Crippen LogP contribution in [-0.4, -0.2) is 37.4 Å². The van der Waals surface area contributed by atoms with Crippen LogP contribution in [0, 0.1) is 12.3 Å². The molecule has 0 radical (unpaired) electrons. The Hall–Kier alpha value is -1.25. The van der Waals surface area contributed by atoms with Gasteiger partial charge >= 0.3 is 6.09 Å². The van der Waals surface area contributed by atoms with E-state index in [2.05, 4.69) is 16.6 Å². The van der Waals surface area contributed by atoms with E-state index in [1.165, 1.54) is 0 Å². The molecule has 5 nitrogen and oxygen atoms in total. The lowest BCUT2D eigenvalue weighted by atomic mass is 10.2. The second kappa shape index (κ2) is 7.93. The second-order valence-corrected chi connectivity index (χ2v) is 4.73. The Labute approximate surface area is 103 Å². The fourth-order valence-corrected chi connectivity index (χ4v) is 1.17. The third kappa shape index (κ3) is 9.67. The van der Waals surface area contributed by atoms with Gasteiger partial charge in [0.1, 0.15) is 5.60 Å². The Balaban J connectivity index is 3.74. The van der Waals surface area contributed by atoms with E-state index in [-0.39, 0.29) is 6.04 Å². The van der Waals surface area contributed by atoms with Crippen molar-refractivity contribution in [3.8, 4) is 12.3 Å². The van der Waals surface area contributed by atoms with Gasteiger partial charge in [0, 0.05) is 19.1 Å². The van der Waals surface area contributed by atoms with E-state index in [9.17, 15) is 4.79 Å². The Bertz CT molecular complexity index is 266. The second-order valence-electron chi connectivity index (χ2n) is 4.73. The summed E-state index contributed by atoms with van der Waals surface area (Å²) in [6.07, 6.45) is 5.44. The van der Waals surface area contributed by atoms with Gasteiger partial charge in [0.05, 0.1) is 6.54 Å². The van der Waals surface area contributed by atoms with E-state index >= 15 is 0 Å². The number of amides is 1. The highest BCUT2D eigenvalue weighted by molar-refractivity contribution is 5.67. The number of nitrogens with two attached hydrogens (primary N) is 1. The van der Waals surface area contributed by atoms with Crippen molar-refractivity contribution in [1.29, 1.82) is 0 Å². The van der Waals surface area contributed by atoms with E-state index in [4.69, 9.17) is 16.9 Å². The average Bonchev–Trinajstić information content (AvgIpc) is 2.20. The Morgan fingerprint density at radius 3 is 2.65 bits per heavy atom. The first-order valence-electron chi connectivity index (χ1n) is 5.73. The number of rotatable bonds is 6. The van der Waals surface area contributed by atoms with Crippen LogP contribution >= 0.6 is 0 Å². The summed E-state index contributed by atoms with van der Waals surface area (Å²) in [7, 11) is 0. The molecule has 0 spiro atoms. The van der Waals surface area contributed by atoms with E-state index < -0.39 is 11.7 Å². The SMILES string of the molecule is C#CCNC(CN)CCNC(=O)OC(C)(C)C. The van der Waals surface area contributed by atoms with Crippen LogP contribution in [0.1, 0.15) is 27.2 Å². The molecule has 4 N–H and O–H groups in total. The number of nitrogens with one attached hydrogen (secondary N) is 2. The molecule has 1 unspecified atom stereocenters. The van der Waals surface area contributed by atoms with Gasteiger partial charge in [-0.25, -0.2) is 4.79 Å². The zero-order chi connectivity index (χ0) is 13.3. The first kappa shape index (κ1) is 15.8. The molecule has 0 fully saturated rings. The third-order valence-electron chi connectivity index (χ3n) is 1.94. The molecule has 0 aromatic carbocycles. The number of carbonyl (C=O) groups excluding carboxylic acids is 1. The number of hydrogen-bond acceptors (Lipinski definition) is 4. The minimum atomic E-state index is -0.473. The van der Waals surface area contributed by atoms with Crippen LogP contribution in [0.15, 0.2) is 0 Å². The predicted molar refractivity (Wildman–Crippen MR) is 68.5 cm³/mol. The zero-order valence-corrected chi connectivity index (χ0v) is 10.9. The molecule has 0 heterocycles. The Kier molecular flexibility index (Phi) is 7.35. The van der Waals surface area contributed by atoms with E-state index in [1.807, 2.05) is 20.8 Å². The van der Waals surface area contributed by atoms with Gasteiger partial charge in [0.2, 0.25) is 0 Å². The maximum atomic E-state index is 11.3. The standard InChI is InChI=1S/C12H23N3O2/c1-5-7-14-10(9-13)6-8-15-11(16)17-12(2,3)4/h1,10,14H,6-9,13H2,2-4H3,(H,15,16). The molecule has 1 atom stereocenters. The van der Waals surface area contributed by atoms with Gasteiger partial charge in [-0.1, -0.05) is 5.92 Å². The van der Waals surface area contributed by atoms with E-state index in [0.717, 1.165) is 6.42 Å². The Morgan fingerprint density at radius 1 is 1.53 bits per heavy atom. The topological polar surface area (TPSA) is 76.4 Å². The summed E-state index contributed by atoms with van der Waals surface area (Å²) in [5, 5.41) is 5.76. The summed E-state index contributed by atoms with van der Waals surface area (Å²) in [5.74, 6) is 2.48. The molecule has 0 aliphatic rings. The van der Waals surface area contributed by atoms with Crippen molar-refractivity contribution in [3.05, 3.63) is 0 Å².